The van der Waals surface area contributed by atoms with Crippen molar-refractivity contribution in [1.82, 2.24) is 5.32 Å². The molecule has 0 radical (unpaired) electrons. The fourth-order valence-electron chi connectivity index (χ4n) is 2.63. The fraction of sp³-hybridized carbons (Fsp3) is 0.333. The van der Waals surface area contributed by atoms with Crippen LogP contribution < -0.4 is 10.1 Å². The molecule has 0 bridgehead atoms. The molecule has 0 saturated carbocycles. The molecule has 0 aliphatic carbocycles. The maximum atomic E-state index is 5.80. The number of hydrogen-bond acceptors (Lipinski definition) is 3. The van der Waals surface area contributed by atoms with Crippen molar-refractivity contribution in [2.24, 2.45) is 0 Å². The van der Waals surface area contributed by atoms with E-state index in [2.05, 4.69) is 47.3 Å². The minimum atomic E-state index is 0.352. The summed E-state index contributed by atoms with van der Waals surface area (Å²) in [4.78, 5) is 0. The Morgan fingerprint density at radius 2 is 2.28 bits per heavy atom. The van der Waals surface area contributed by atoms with E-state index in [1.165, 1.54) is 11.1 Å². The summed E-state index contributed by atoms with van der Waals surface area (Å²) in [6, 6.07) is 10.9. The average Bonchev–Trinajstić information content (AvgIpc) is 3.06. The summed E-state index contributed by atoms with van der Waals surface area (Å²) in [7, 11) is 0. The van der Waals surface area contributed by atoms with E-state index < -0.39 is 0 Å². The molecule has 1 aromatic carbocycles. The summed E-state index contributed by atoms with van der Waals surface area (Å²) < 4.78 is 5.80. The van der Waals surface area contributed by atoms with Gasteiger partial charge in [0, 0.05) is 17.5 Å². The molecule has 3 heteroatoms. The van der Waals surface area contributed by atoms with Crippen molar-refractivity contribution in [3.63, 3.8) is 0 Å². The van der Waals surface area contributed by atoms with Gasteiger partial charge < -0.3 is 10.1 Å². The Hall–Kier alpha value is -1.32. The molecular weight excluding hydrogens is 242 g/mol. The molecule has 18 heavy (non-hydrogen) atoms. The molecule has 2 aromatic rings. The van der Waals surface area contributed by atoms with Gasteiger partial charge in [-0.15, -0.1) is 0 Å². The van der Waals surface area contributed by atoms with Crippen LogP contribution in [0.3, 0.4) is 0 Å². The summed E-state index contributed by atoms with van der Waals surface area (Å²) in [6.07, 6.45) is 0. The number of thiophene rings is 1. The second-order valence-corrected chi connectivity index (χ2v) is 5.33. The molecule has 2 nitrogen and oxygen atoms in total. The molecule has 0 amide bonds. The van der Waals surface area contributed by atoms with E-state index in [-0.39, 0.29) is 0 Å². The summed E-state index contributed by atoms with van der Waals surface area (Å²) in [6.45, 7) is 3.90. The van der Waals surface area contributed by atoms with Gasteiger partial charge in [-0.25, -0.2) is 0 Å². The van der Waals surface area contributed by atoms with E-state index in [4.69, 9.17) is 4.74 Å². The highest BCUT2D eigenvalue weighted by Crippen LogP contribution is 2.41. The van der Waals surface area contributed by atoms with Crippen LogP contribution in [0.4, 0.5) is 0 Å². The van der Waals surface area contributed by atoms with Crippen LogP contribution in [0, 0.1) is 0 Å². The zero-order valence-corrected chi connectivity index (χ0v) is 11.2. The van der Waals surface area contributed by atoms with Crippen LogP contribution in [0.25, 0.3) is 0 Å². The van der Waals surface area contributed by atoms with Crippen LogP contribution in [0.5, 0.6) is 5.75 Å². The first kappa shape index (κ1) is 11.8. The predicted molar refractivity (Wildman–Crippen MR) is 75.4 cm³/mol. The minimum Gasteiger partial charge on any atom is -0.493 e. The highest BCUT2D eigenvalue weighted by molar-refractivity contribution is 7.07. The van der Waals surface area contributed by atoms with Gasteiger partial charge >= 0.3 is 0 Å². The Kier molecular flexibility index (Phi) is 3.35. The van der Waals surface area contributed by atoms with Crippen molar-refractivity contribution in [2.75, 3.05) is 13.2 Å². The highest BCUT2D eigenvalue weighted by atomic mass is 32.1. The molecule has 0 saturated heterocycles. The molecule has 1 N–H and O–H groups in total. The van der Waals surface area contributed by atoms with Crippen molar-refractivity contribution >= 4 is 11.3 Å². The van der Waals surface area contributed by atoms with Gasteiger partial charge in [-0.1, -0.05) is 25.1 Å². The van der Waals surface area contributed by atoms with E-state index >= 15 is 0 Å². The molecular formula is C15H17NOS. The Balaban J connectivity index is 1.93. The number of ether oxygens (including phenoxy) is 1. The monoisotopic (exact) mass is 259 g/mol. The van der Waals surface area contributed by atoms with Crippen molar-refractivity contribution in [3.8, 4) is 5.75 Å². The van der Waals surface area contributed by atoms with Crippen molar-refractivity contribution in [1.29, 1.82) is 0 Å². The number of likely N-dealkylation sites (N-methyl/N-ethyl adjacent to an activating group) is 1. The van der Waals surface area contributed by atoms with Gasteiger partial charge in [-0.3, -0.25) is 0 Å². The SMILES string of the molecule is CCNC(c1ccsc1)C1COc2ccccc21. The minimum absolute atomic E-state index is 0.352. The van der Waals surface area contributed by atoms with E-state index in [1.54, 1.807) is 11.3 Å². The zero-order chi connectivity index (χ0) is 12.4. The molecule has 94 valence electrons. The summed E-state index contributed by atoms with van der Waals surface area (Å²) in [5.41, 5.74) is 2.70. The second-order valence-electron chi connectivity index (χ2n) is 4.55. The van der Waals surface area contributed by atoms with Crippen LogP contribution >= 0.6 is 11.3 Å². The Bertz CT molecular complexity index is 507. The molecule has 0 fully saturated rings. The van der Waals surface area contributed by atoms with Crippen LogP contribution in [-0.4, -0.2) is 13.2 Å². The third-order valence-corrected chi connectivity index (χ3v) is 4.17. The highest BCUT2D eigenvalue weighted by Gasteiger charge is 2.31. The van der Waals surface area contributed by atoms with Gasteiger partial charge in [-0.05, 0) is 35.0 Å². The van der Waals surface area contributed by atoms with E-state index in [0.717, 1.165) is 18.9 Å². The first-order valence-electron chi connectivity index (χ1n) is 6.37. The first-order chi connectivity index (χ1) is 8.90. The number of fused-ring (bicyclic) bond motifs is 1. The van der Waals surface area contributed by atoms with E-state index in [9.17, 15) is 0 Å². The lowest BCUT2D eigenvalue weighted by Crippen LogP contribution is -2.27. The topological polar surface area (TPSA) is 21.3 Å². The van der Waals surface area contributed by atoms with Gasteiger partial charge in [0.15, 0.2) is 0 Å². The van der Waals surface area contributed by atoms with Gasteiger partial charge in [0.1, 0.15) is 5.75 Å². The Morgan fingerprint density at radius 3 is 3.06 bits per heavy atom. The smallest absolute Gasteiger partial charge is 0.122 e. The molecule has 1 aliphatic rings. The lowest BCUT2D eigenvalue weighted by molar-refractivity contribution is 0.301. The van der Waals surface area contributed by atoms with Crippen LogP contribution in [-0.2, 0) is 0 Å². The lowest BCUT2D eigenvalue weighted by atomic mass is 9.90. The molecule has 2 unspecified atom stereocenters. The van der Waals surface area contributed by atoms with Crippen molar-refractivity contribution in [3.05, 3.63) is 52.2 Å². The average molecular weight is 259 g/mol. The molecule has 1 aliphatic heterocycles. The van der Waals surface area contributed by atoms with Crippen LogP contribution in [0.2, 0.25) is 0 Å². The molecule has 0 spiro atoms. The maximum Gasteiger partial charge on any atom is 0.122 e. The van der Waals surface area contributed by atoms with Gasteiger partial charge in [0.05, 0.1) is 6.61 Å². The normalized spacial score (nSPS) is 19.3. The standard InChI is InChI=1S/C15H17NOS/c1-2-16-15(11-7-8-18-10-11)13-9-17-14-6-4-3-5-12(13)14/h3-8,10,13,15-16H,2,9H2,1H3. The van der Waals surface area contributed by atoms with Gasteiger partial charge in [0.2, 0.25) is 0 Å². The Morgan fingerprint density at radius 1 is 1.39 bits per heavy atom. The van der Waals surface area contributed by atoms with Crippen LogP contribution in [0.15, 0.2) is 41.1 Å². The van der Waals surface area contributed by atoms with E-state index in [0.29, 0.717) is 12.0 Å². The predicted octanol–water partition coefficient (Wildman–Crippen LogP) is 3.57. The quantitative estimate of drug-likeness (QED) is 0.906. The number of para-hydroxylation sites is 1. The van der Waals surface area contributed by atoms with E-state index in [1.807, 2.05) is 6.07 Å². The fourth-order valence-corrected chi connectivity index (χ4v) is 3.32. The summed E-state index contributed by atoms with van der Waals surface area (Å²) in [5, 5.41) is 7.97. The molecule has 2 heterocycles. The third-order valence-electron chi connectivity index (χ3n) is 3.47. The van der Waals surface area contributed by atoms with Gasteiger partial charge in [0.25, 0.3) is 0 Å². The lowest BCUT2D eigenvalue weighted by Gasteiger charge is -2.23. The number of benzene rings is 1. The summed E-state index contributed by atoms with van der Waals surface area (Å²) in [5.74, 6) is 1.45. The van der Waals surface area contributed by atoms with Crippen molar-refractivity contribution < 1.29 is 4.74 Å². The molecule has 1 aromatic heterocycles. The first-order valence-corrected chi connectivity index (χ1v) is 7.31. The molecule has 2 atom stereocenters. The number of hydrogen-bond donors (Lipinski definition) is 1. The Labute approximate surface area is 112 Å². The molecule has 3 rings (SSSR count). The summed E-state index contributed by atoms with van der Waals surface area (Å²) >= 11 is 1.75. The third kappa shape index (κ3) is 2.04. The van der Waals surface area contributed by atoms with Gasteiger partial charge in [-0.2, -0.15) is 11.3 Å². The van der Waals surface area contributed by atoms with Crippen LogP contribution in [0.1, 0.15) is 30.0 Å². The van der Waals surface area contributed by atoms with Crippen molar-refractivity contribution in [2.45, 2.75) is 18.9 Å². The second kappa shape index (κ2) is 5.12. The maximum absolute atomic E-state index is 5.80. The largest absolute Gasteiger partial charge is 0.493 e. The number of nitrogens with one attached hydrogen (secondary N) is 1. The zero-order valence-electron chi connectivity index (χ0n) is 10.4. The number of rotatable bonds is 4.